The van der Waals surface area contributed by atoms with Gasteiger partial charge in [0.05, 0.1) is 24.7 Å². The average molecular weight is 358 g/mol. The first kappa shape index (κ1) is 17.1. The smallest absolute Gasteiger partial charge is 0.347 e. The number of thiazole rings is 1. The van der Waals surface area contributed by atoms with Crippen molar-refractivity contribution in [3.63, 3.8) is 0 Å². The fourth-order valence-electron chi connectivity index (χ4n) is 2.26. The van der Waals surface area contributed by atoms with E-state index in [2.05, 4.69) is 29.1 Å². The van der Waals surface area contributed by atoms with E-state index in [4.69, 9.17) is 4.74 Å². The number of aromatic nitrogens is 4. The molecule has 2 heterocycles. The Kier molecular flexibility index (Phi) is 4.80. The van der Waals surface area contributed by atoms with Crippen LogP contribution in [0.1, 0.15) is 29.2 Å². The van der Waals surface area contributed by atoms with Crippen molar-refractivity contribution < 1.29 is 14.6 Å². The van der Waals surface area contributed by atoms with E-state index in [1.165, 1.54) is 0 Å². The molecule has 0 saturated carbocycles. The topological polar surface area (TPSA) is 90.1 Å². The summed E-state index contributed by atoms with van der Waals surface area (Å²) in [7, 11) is 0. The van der Waals surface area contributed by atoms with E-state index in [0.29, 0.717) is 29.0 Å². The minimum Gasteiger partial charge on any atom is -0.491 e. The van der Waals surface area contributed by atoms with Crippen molar-refractivity contribution in [2.45, 2.75) is 20.8 Å². The van der Waals surface area contributed by atoms with Crippen LogP contribution in [-0.2, 0) is 0 Å². The molecular formula is C17H18N4O3S. The van der Waals surface area contributed by atoms with E-state index in [1.807, 2.05) is 18.2 Å². The molecule has 3 rings (SSSR count). The molecule has 0 spiro atoms. The van der Waals surface area contributed by atoms with Crippen molar-refractivity contribution in [1.29, 1.82) is 0 Å². The lowest BCUT2D eigenvalue weighted by atomic mass is 10.2. The van der Waals surface area contributed by atoms with Gasteiger partial charge in [0.2, 0.25) is 0 Å². The molecule has 0 radical (unpaired) electrons. The second-order valence-electron chi connectivity index (χ2n) is 5.97. The third kappa shape index (κ3) is 3.69. The maximum Gasteiger partial charge on any atom is 0.347 e. The summed E-state index contributed by atoms with van der Waals surface area (Å²) in [5, 5.41) is 17.8. The lowest BCUT2D eigenvalue weighted by molar-refractivity contribution is 0.0701. The van der Waals surface area contributed by atoms with Gasteiger partial charge in [0.25, 0.3) is 0 Å². The fraction of sp³-hybridized carbons (Fsp3) is 0.294. The van der Waals surface area contributed by atoms with Crippen LogP contribution < -0.4 is 4.74 Å². The Labute approximate surface area is 148 Å². The number of carboxylic acids is 1. The number of carbonyl (C=O) groups is 1. The van der Waals surface area contributed by atoms with Crippen LogP contribution in [0.25, 0.3) is 16.3 Å². The van der Waals surface area contributed by atoms with Gasteiger partial charge in [-0.1, -0.05) is 19.1 Å². The van der Waals surface area contributed by atoms with Crippen LogP contribution in [0.3, 0.4) is 0 Å². The number of hydrogen-bond acceptors (Lipinski definition) is 6. The standard InChI is InChI=1S/C17H18N4O3S/c1-10(2)9-24-14-5-4-12(8-13(14)21-7-6-18-20-21)16-19-11(3)15(25-16)17(22)23/h4-8,10H,9H2,1-3H3,(H,22,23). The predicted molar refractivity (Wildman–Crippen MR) is 94.5 cm³/mol. The molecule has 25 heavy (non-hydrogen) atoms. The van der Waals surface area contributed by atoms with Gasteiger partial charge in [-0.15, -0.1) is 16.4 Å². The van der Waals surface area contributed by atoms with Gasteiger partial charge in [-0.25, -0.2) is 14.5 Å². The van der Waals surface area contributed by atoms with Gasteiger partial charge in [0.15, 0.2) is 0 Å². The largest absolute Gasteiger partial charge is 0.491 e. The first-order chi connectivity index (χ1) is 12.0. The Hall–Kier alpha value is -2.74. The SMILES string of the molecule is Cc1nc(-c2ccc(OCC(C)C)c(-n3ccnn3)c2)sc1C(=O)O. The third-order valence-electron chi connectivity index (χ3n) is 3.44. The average Bonchev–Trinajstić information content (AvgIpc) is 3.22. The van der Waals surface area contributed by atoms with Crippen LogP contribution in [0, 0.1) is 12.8 Å². The number of rotatable bonds is 6. The summed E-state index contributed by atoms with van der Waals surface area (Å²) in [5.41, 5.74) is 2.05. The van der Waals surface area contributed by atoms with E-state index in [0.717, 1.165) is 22.6 Å². The van der Waals surface area contributed by atoms with E-state index < -0.39 is 5.97 Å². The van der Waals surface area contributed by atoms with Gasteiger partial charge in [-0.2, -0.15) is 0 Å². The second-order valence-corrected chi connectivity index (χ2v) is 6.97. The first-order valence-electron chi connectivity index (χ1n) is 7.80. The lowest BCUT2D eigenvalue weighted by Gasteiger charge is -2.13. The van der Waals surface area contributed by atoms with Gasteiger partial charge >= 0.3 is 5.97 Å². The zero-order valence-corrected chi connectivity index (χ0v) is 14.9. The molecule has 1 N–H and O–H groups in total. The molecule has 0 aliphatic rings. The van der Waals surface area contributed by atoms with Crippen LogP contribution >= 0.6 is 11.3 Å². The van der Waals surface area contributed by atoms with Gasteiger partial charge < -0.3 is 9.84 Å². The van der Waals surface area contributed by atoms with E-state index in [1.54, 1.807) is 24.0 Å². The molecule has 0 aliphatic heterocycles. The van der Waals surface area contributed by atoms with Crippen molar-refractivity contribution in [3.8, 4) is 22.0 Å². The van der Waals surface area contributed by atoms with Crippen LogP contribution in [0.5, 0.6) is 5.75 Å². The number of benzene rings is 1. The molecule has 0 aliphatic carbocycles. The van der Waals surface area contributed by atoms with Crippen LogP contribution in [0.2, 0.25) is 0 Å². The summed E-state index contributed by atoms with van der Waals surface area (Å²) < 4.78 is 7.50. The number of aromatic carboxylic acids is 1. The van der Waals surface area contributed by atoms with Crippen molar-refractivity contribution in [1.82, 2.24) is 20.0 Å². The minimum atomic E-state index is -0.963. The van der Waals surface area contributed by atoms with Crippen molar-refractivity contribution in [3.05, 3.63) is 41.2 Å². The molecule has 0 fully saturated rings. The summed E-state index contributed by atoms with van der Waals surface area (Å²) in [5.74, 6) is 0.118. The Bertz CT molecular complexity index is 887. The zero-order valence-electron chi connectivity index (χ0n) is 14.1. The summed E-state index contributed by atoms with van der Waals surface area (Å²) in [6.07, 6.45) is 3.33. The number of nitrogens with zero attached hydrogens (tertiary/aromatic N) is 4. The monoisotopic (exact) mass is 358 g/mol. The highest BCUT2D eigenvalue weighted by molar-refractivity contribution is 7.17. The Balaban J connectivity index is 2.03. The minimum absolute atomic E-state index is 0.248. The van der Waals surface area contributed by atoms with Gasteiger partial charge in [0.1, 0.15) is 21.3 Å². The fourth-order valence-corrected chi connectivity index (χ4v) is 3.16. The molecule has 0 bridgehead atoms. The second kappa shape index (κ2) is 7.02. The molecule has 0 unspecified atom stereocenters. The Morgan fingerprint density at radius 1 is 1.40 bits per heavy atom. The highest BCUT2D eigenvalue weighted by Gasteiger charge is 2.17. The quantitative estimate of drug-likeness (QED) is 0.726. The summed E-state index contributed by atoms with van der Waals surface area (Å²) in [4.78, 5) is 15.9. The molecule has 0 amide bonds. The summed E-state index contributed by atoms with van der Waals surface area (Å²) in [6, 6.07) is 5.61. The third-order valence-corrected chi connectivity index (χ3v) is 4.63. The normalized spacial score (nSPS) is 11.0. The van der Waals surface area contributed by atoms with Crippen molar-refractivity contribution >= 4 is 17.3 Å². The maximum absolute atomic E-state index is 11.3. The van der Waals surface area contributed by atoms with Crippen LogP contribution in [0.15, 0.2) is 30.6 Å². The number of carboxylic acid groups (broad SMARTS) is 1. The first-order valence-corrected chi connectivity index (χ1v) is 8.62. The molecule has 0 atom stereocenters. The number of ether oxygens (including phenoxy) is 1. The molecule has 8 heteroatoms. The summed E-state index contributed by atoms with van der Waals surface area (Å²) in [6.45, 7) is 6.44. The molecular weight excluding hydrogens is 340 g/mol. The Morgan fingerprint density at radius 2 is 2.20 bits per heavy atom. The Morgan fingerprint density at radius 3 is 2.80 bits per heavy atom. The van der Waals surface area contributed by atoms with Crippen molar-refractivity contribution in [2.24, 2.45) is 5.92 Å². The van der Waals surface area contributed by atoms with Crippen LogP contribution in [0.4, 0.5) is 0 Å². The highest BCUT2D eigenvalue weighted by atomic mass is 32.1. The van der Waals surface area contributed by atoms with Crippen LogP contribution in [-0.4, -0.2) is 37.7 Å². The van der Waals surface area contributed by atoms with E-state index >= 15 is 0 Å². The zero-order chi connectivity index (χ0) is 18.0. The molecule has 2 aromatic heterocycles. The van der Waals surface area contributed by atoms with Crippen molar-refractivity contribution in [2.75, 3.05) is 6.61 Å². The molecule has 7 nitrogen and oxygen atoms in total. The highest BCUT2D eigenvalue weighted by Crippen LogP contribution is 2.33. The molecule has 3 aromatic rings. The van der Waals surface area contributed by atoms with Gasteiger partial charge in [-0.05, 0) is 31.0 Å². The summed E-state index contributed by atoms with van der Waals surface area (Å²) >= 11 is 1.15. The molecule has 130 valence electrons. The maximum atomic E-state index is 11.3. The van der Waals surface area contributed by atoms with Gasteiger partial charge in [0, 0.05) is 5.56 Å². The molecule has 1 aromatic carbocycles. The molecule has 0 saturated heterocycles. The predicted octanol–water partition coefficient (Wildman–Crippen LogP) is 3.43. The van der Waals surface area contributed by atoms with Gasteiger partial charge in [-0.3, -0.25) is 0 Å². The lowest BCUT2D eigenvalue weighted by Crippen LogP contribution is -2.07. The van der Waals surface area contributed by atoms with E-state index in [9.17, 15) is 9.90 Å². The van der Waals surface area contributed by atoms with E-state index in [-0.39, 0.29) is 4.88 Å². The number of aryl methyl sites for hydroxylation is 1. The number of hydrogen-bond donors (Lipinski definition) is 1.